The van der Waals surface area contributed by atoms with Crippen molar-refractivity contribution in [3.63, 3.8) is 0 Å². The van der Waals surface area contributed by atoms with Crippen LogP contribution >= 0.6 is 0 Å². The van der Waals surface area contributed by atoms with Gasteiger partial charge in [-0.3, -0.25) is 14.4 Å². The maximum Gasteiger partial charge on any atom is 0.309 e. The normalized spacial score (nSPS) is 32.7. The first kappa shape index (κ1) is 35.5. The number of esters is 1. The number of rotatable bonds is 16. The van der Waals surface area contributed by atoms with Crippen LogP contribution in [0, 0.1) is 48.0 Å². The molecule has 0 bridgehead atoms. The molecule has 4 fully saturated rings. The summed E-state index contributed by atoms with van der Waals surface area (Å²) < 4.78 is 22.8. The Morgan fingerprint density at radius 1 is 0.622 bits per heavy atom. The summed E-state index contributed by atoms with van der Waals surface area (Å²) >= 11 is 0. The molecule has 2 N–H and O–H groups in total. The molecule has 0 aromatic rings. The molecule has 4 aliphatic carbocycles. The lowest BCUT2D eigenvalue weighted by Crippen LogP contribution is -2.39. The van der Waals surface area contributed by atoms with Crippen molar-refractivity contribution >= 4 is 17.9 Å². The van der Waals surface area contributed by atoms with Gasteiger partial charge in [-0.15, -0.1) is 0 Å². The lowest BCUT2D eigenvalue weighted by atomic mass is 9.77. The molecule has 11 heteroatoms. The van der Waals surface area contributed by atoms with E-state index in [0.29, 0.717) is 57.5 Å². The molecule has 4 rings (SSSR count). The highest BCUT2D eigenvalue weighted by atomic mass is 17.2. The largest absolute Gasteiger partial charge is 0.481 e. The van der Waals surface area contributed by atoms with Crippen LogP contribution in [0.25, 0.3) is 0 Å². The van der Waals surface area contributed by atoms with E-state index in [1.165, 1.54) is 19.3 Å². The third kappa shape index (κ3) is 11.4. The fourth-order valence-corrected chi connectivity index (χ4v) is 7.59. The minimum Gasteiger partial charge on any atom is -0.481 e. The Labute approximate surface area is 266 Å². The van der Waals surface area contributed by atoms with Crippen molar-refractivity contribution in [2.45, 2.75) is 115 Å². The average Bonchev–Trinajstić information content (AvgIpc) is 3.05. The van der Waals surface area contributed by atoms with E-state index in [9.17, 15) is 24.6 Å². The van der Waals surface area contributed by atoms with Crippen molar-refractivity contribution in [2.24, 2.45) is 35.5 Å². The van der Waals surface area contributed by atoms with E-state index >= 15 is 0 Å². The van der Waals surface area contributed by atoms with Crippen LogP contribution in [0.5, 0.6) is 0 Å². The van der Waals surface area contributed by atoms with Crippen LogP contribution in [0.2, 0.25) is 0 Å². The van der Waals surface area contributed by atoms with E-state index in [1.54, 1.807) is 0 Å². The Balaban J connectivity index is 1.09. The summed E-state index contributed by atoms with van der Waals surface area (Å²) in [5, 5.41) is 19.3. The summed E-state index contributed by atoms with van der Waals surface area (Å²) in [4.78, 5) is 47.5. The summed E-state index contributed by atoms with van der Waals surface area (Å²) in [6.45, 7) is 2.00. The van der Waals surface area contributed by atoms with Gasteiger partial charge in [-0.2, -0.15) is 0 Å². The fourth-order valence-electron chi connectivity index (χ4n) is 7.59. The van der Waals surface area contributed by atoms with Crippen LogP contribution < -0.4 is 0 Å². The molecule has 0 aliphatic heterocycles. The van der Waals surface area contributed by atoms with Gasteiger partial charge in [0, 0.05) is 5.92 Å². The van der Waals surface area contributed by atoms with Crippen LogP contribution in [-0.2, 0) is 43.1 Å². The zero-order valence-electron chi connectivity index (χ0n) is 26.5. The van der Waals surface area contributed by atoms with Gasteiger partial charge in [0.25, 0.3) is 0 Å². The summed E-state index contributed by atoms with van der Waals surface area (Å²) in [6, 6.07) is 0. The quantitative estimate of drug-likeness (QED) is 0.0776. The molecule has 0 amide bonds. The number of carbonyl (C=O) groups is 3. The number of terminal acetylenes is 1. The maximum atomic E-state index is 12.8. The molecular formula is C34H52O11. The fraction of sp³-hybridized carbons (Fsp3) is 0.853. The smallest absolute Gasteiger partial charge is 0.309 e. The average molecular weight is 637 g/mol. The highest BCUT2D eigenvalue weighted by Gasteiger charge is 2.41. The number of ether oxygens (including phenoxy) is 4. The third-order valence-electron chi connectivity index (χ3n) is 10.3. The lowest BCUT2D eigenvalue weighted by Gasteiger charge is -2.34. The topological polar surface area (TPSA) is 147 Å². The SMILES string of the molecule is C#COC1CCC(C(=O)O)C(C(=O)OCC2CCC(COOCC3CC(OCCOC4CCCCC4)CCC3C(=O)O)CC2)C1. The number of carboxylic acids is 2. The maximum absolute atomic E-state index is 12.8. The second kappa shape index (κ2) is 18.7. The zero-order valence-corrected chi connectivity index (χ0v) is 26.5. The Morgan fingerprint density at radius 2 is 1.22 bits per heavy atom. The molecule has 0 aromatic carbocycles. The van der Waals surface area contributed by atoms with Gasteiger partial charge in [-0.25, -0.2) is 9.78 Å². The first-order chi connectivity index (χ1) is 21.8. The second-order valence-corrected chi connectivity index (χ2v) is 13.4. The third-order valence-corrected chi connectivity index (χ3v) is 10.3. The first-order valence-electron chi connectivity index (χ1n) is 17.0. The number of hydrogen-bond donors (Lipinski definition) is 2. The number of carboxylic acid groups (broad SMARTS) is 2. The van der Waals surface area contributed by atoms with E-state index in [4.69, 9.17) is 35.1 Å². The Hall–Kier alpha value is -2.39. The van der Waals surface area contributed by atoms with E-state index in [0.717, 1.165) is 44.9 Å². The molecule has 4 aliphatic rings. The number of carbonyl (C=O) groups excluding carboxylic acids is 1. The van der Waals surface area contributed by atoms with Crippen molar-refractivity contribution in [1.29, 1.82) is 0 Å². The summed E-state index contributed by atoms with van der Waals surface area (Å²) in [6.07, 6.45) is 19.9. The molecule has 6 atom stereocenters. The van der Waals surface area contributed by atoms with E-state index in [1.807, 2.05) is 0 Å². The van der Waals surface area contributed by atoms with Crippen LogP contribution in [0.1, 0.15) is 96.3 Å². The summed E-state index contributed by atoms with van der Waals surface area (Å²) in [7, 11) is 0. The molecular weight excluding hydrogens is 584 g/mol. The zero-order chi connectivity index (χ0) is 32.0. The standard InChI is InChI=1S/C34H52O11/c1-2-40-28-13-15-30(33(37)38)31(19-28)34(39)43-20-23-8-10-24(11-9-23)21-44-45-22-25-18-27(12-14-29(25)32(35)36)42-17-16-41-26-6-4-3-5-7-26/h1,23-31H,3-22H2,(H,35,36)(H,37,38). The van der Waals surface area contributed by atoms with Gasteiger partial charge in [0.2, 0.25) is 0 Å². The van der Waals surface area contributed by atoms with Crippen molar-refractivity contribution < 1.29 is 53.3 Å². The predicted molar refractivity (Wildman–Crippen MR) is 162 cm³/mol. The van der Waals surface area contributed by atoms with Crippen molar-refractivity contribution in [3.05, 3.63) is 0 Å². The van der Waals surface area contributed by atoms with E-state index in [2.05, 4.69) is 6.11 Å². The van der Waals surface area contributed by atoms with Gasteiger partial charge in [-0.1, -0.05) is 25.7 Å². The van der Waals surface area contributed by atoms with Crippen LogP contribution in [0.15, 0.2) is 0 Å². The van der Waals surface area contributed by atoms with E-state index in [-0.39, 0.29) is 43.7 Å². The Bertz CT molecular complexity index is 966. The molecule has 0 heterocycles. The molecule has 0 aromatic heterocycles. The minimum atomic E-state index is -0.996. The van der Waals surface area contributed by atoms with Crippen LogP contribution in [0.4, 0.5) is 0 Å². The molecule has 45 heavy (non-hydrogen) atoms. The Kier molecular flexibility index (Phi) is 14.7. The number of hydrogen-bond acceptors (Lipinski definition) is 9. The van der Waals surface area contributed by atoms with Gasteiger partial charge in [-0.05, 0) is 88.9 Å². The van der Waals surface area contributed by atoms with Gasteiger partial charge in [0.1, 0.15) is 12.2 Å². The molecule has 6 unspecified atom stereocenters. The van der Waals surface area contributed by atoms with E-state index < -0.39 is 35.7 Å². The molecule has 0 saturated heterocycles. The highest BCUT2D eigenvalue weighted by Crippen LogP contribution is 2.35. The number of aliphatic carboxylic acids is 2. The summed E-state index contributed by atoms with van der Waals surface area (Å²) in [5.41, 5.74) is 0. The predicted octanol–water partition coefficient (Wildman–Crippen LogP) is 5.00. The Morgan fingerprint density at radius 3 is 1.89 bits per heavy atom. The van der Waals surface area contributed by atoms with Crippen molar-refractivity contribution in [2.75, 3.05) is 33.0 Å². The summed E-state index contributed by atoms with van der Waals surface area (Å²) in [5.74, 6) is -3.98. The monoisotopic (exact) mass is 636 g/mol. The van der Waals surface area contributed by atoms with Gasteiger partial charge in [0.05, 0.1) is 63.0 Å². The minimum absolute atomic E-state index is 0.000583. The van der Waals surface area contributed by atoms with Crippen LogP contribution in [0.3, 0.4) is 0 Å². The van der Waals surface area contributed by atoms with Gasteiger partial charge < -0.3 is 29.2 Å². The second-order valence-electron chi connectivity index (χ2n) is 13.4. The van der Waals surface area contributed by atoms with Gasteiger partial charge in [0.15, 0.2) is 0 Å². The highest BCUT2D eigenvalue weighted by molar-refractivity contribution is 5.81. The molecule has 11 nitrogen and oxygen atoms in total. The van der Waals surface area contributed by atoms with Gasteiger partial charge >= 0.3 is 17.9 Å². The van der Waals surface area contributed by atoms with Crippen molar-refractivity contribution in [1.82, 2.24) is 0 Å². The first-order valence-corrected chi connectivity index (χ1v) is 17.0. The molecule has 0 radical (unpaired) electrons. The molecule has 0 spiro atoms. The van der Waals surface area contributed by atoms with Crippen molar-refractivity contribution in [3.8, 4) is 12.5 Å². The molecule has 254 valence electrons. The lowest BCUT2D eigenvalue weighted by molar-refractivity contribution is -0.312. The molecule has 4 saturated carbocycles. The van der Waals surface area contributed by atoms with Crippen LogP contribution in [-0.4, -0.2) is 79.5 Å².